The summed E-state index contributed by atoms with van der Waals surface area (Å²) in [5.41, 5.74) is 1.79. The van der Waals surface area contributed by atoms with Gasteiger partial charge in [0, 0.05) is 16.2 Å². The van der Waals surface area contributed by atoms with Crippen molar-refractivity contribution in [2.45, 2.75) is 19.4 Å². The van der Waals surface area contributed by atoms with E-state index in [9.17, 15) is 0 Å². The molecule has 1 heterocycles. The number of hydrogen-bond donors (Lipinski definition) is 1. The Morgan fingerprint density at radius 3 is 2.50 bits per heavy atom. The summed E-state index contributed by atoms with van der Waals surface area (Å²) in [5, 5.41) is 5.37. The van der Waals surface area contributed by atoms with Gasteiger partial charge in [0.15, 0.2) is 0 Å². The lowest BCUT2D eigenvalue weighted by atomic mass is 10.0. The van der Waals surface area contributed by atoms with E-state index in [4.69, 9.17) is 34.8 Å². The fourth-order valence-electron chi connectivity index (χ4n) is 1.96. The molecule has 0 aliphatic carbocycles. The third kappa shape index (κ3) is 3.86. The second kappa shape index (κ2) is 7.28. The van der Waals surface area contributed by atoms with Crippen LogP contribution in [0.25, 0.3) is 0 Å². The van der Waals surface area contributed by atoms with Crippen LogP contribution in [0, 0.1) is 0 Å². The quantitative estimate of drug-likeness (QED) is 0.822. The molecule has 0 spiro atoms. The van der Waals surface area contributed by atoms with Crippen LogP contribution in [0.2, 0.25) is 15.1 Å². The van der Waals surface area contributed by atoms with Crippen LogP contribution in [0.15, 0.2) is 36.5 Å². The van der Waals surface area contributed by atoms with Crippen molar-refractivity contribution in [3.63, 3.8) is 0 Å². The number of hydrogen-bond acceptors (Lipinski definition) is 2. The van der Waals surface area contributed by atoms with Crippen LogP contribution in [-0.2, 0) is 0 Å². The second-order valence-corrected chi connectivity index (χ2v) is 5.73. The predicted molar refractivity (Wildman–Crippen MR) is 85.8 cm³/mol. The van der Waals surface area contributed by atoms with Gasteiger partial charge < -0.3 is 5.32 Å². The number of pyridine rings is 1. The minimum absolute atomic E-state index is 0.0987. The fraction of sp³-hybridized carbons (Fsp3) is 0.267. The van der Waals surface area contributed by atoms with Crippen LogP contribution < -0.4 is 5.32 Å². The van der Waals surface area contributed by atoms with E-state index in [2.05, 4.69) is 17.2 Å². The summed E-state index contributed by atoms with van der Waals surface area (Å²) in [7, 11) is 0. The average molecular weight is 330 g/mol. The van der Waals surface area contributed by atoms with Crippen molar-refractivity contribution in [1.82, 2.24) is 10.3 Å². The van der Waals surface area contributed by atoms with Crippen molar-refractivity contribution in [2.75, 3.05) is 6.54 Å². The molecule has 2 aromatic rings. The summed E-state index contributed by atoms with van der Waals surface area (Å²) in [6.07, 6.45) is 2.65. The van der Waals surface area contributed by atoms with Gasteiger partial charge in [0.1, 0.15) is 0 Å². The van der Waals surface area contributed by atoms with Gasteiger partial charge >= 0.3 is 0 Å². The van der Waals surface area contributed by atoms with Gasteiger partial charge in [0.2, 0.25) is 0 Å². The third-order valence-corrected chi connectivity index (χ3v) is 3.72. The lowest BCUT2D eigenvalue weighted by Gasteiger charge is -2.20. The summed E-state index contributed by atoms with van der Waals surface area (Å²) in [6, 6.07) is 9.07. The second-order valence-electron chi connectivity index (χ2n) is 4.45. The highest BCUT2D eigenvalue weighted by Crippen LogP contribution is 2.30. The van der Waals surface area contributed by atoms with E-state index in [-0.39, 0.29) is 6.04 Å². The van der Waals surface area contributed by atoms with Gasteiger partial charge in [0.25, 0.3) is 0 Å². The van der Waals surface area contributed by atoms with Crippen LogP contribution in [0.4, 0.5) is 0 Å². The molecule has 5 heteroatoms. The molecule has 1 aromatic heterocycles. The molecule has 1 unspecified atom stereocenters. The number of nitrogens with one attached hydrogen (secondary N) is 1. The number of aromatic nitrogens is 1. The van der Waals surface area contributed by atoms with Gasteiger partial charge in [0.05, 0.1) is 16.8 Å². The van der Waals surface area contributed by atoms with E-state index in [1.54, 1.807) is 18.3 Å². The summed E-state index contributed by atoms with van der Waals surface area (Å²) < 4.78 is 0. The van der Waals surface area contributed by atoms with Gasteiger partial charge in [-0.1, -0.05) is 41.7 Å². The zero-order chi connectivity index (χ0) is 14.5. The Morgan fingerprint density at radius 2 is 1.85 bits per heavy atom. The zero-order valence-electron chi connectivity index (χ0n) is 11.0. The van der Waals surface area contributed by atoms with Gasteiger partial charge in [-0.05, 0) is 48.9 Å². The molecule has 2 nitrogen and oxygen atoms in total. The summed E-state index contributed by atoms with van der Waals surface area (Å²) in [5.74, 6) is 0. The standard InChI is InChI=1S/C15H15Cl3N2/c1-2-7-19-15(14-6-4-11(17)9-20-14)12-8-10(16)3-5-13(12)18/h3-6,8-9,15,19H,2,7H2,1H3. The maximum Gasteiger partial charge on any atom is 0.0766 e. The van der Waals surface area contributed by atoms with Gasteiger partial charge in [-0.2, -0.15) is 0 Å². The highest BCUT2D eigenvalue weighted by molar-refractivity contribution is 6.33. The van der Waals surface area contributed by atoms with Crippen molar-refractivity contribution in [3.05, 3.63) is 62.9 Å². The van der Waals surface area contributed by atoms with E-state index in [1.165, 1.54) is 0 Å². The van der Waals surface area contributed by atoms with Crippen molar-refractivity contribution in [2.24, 2.45) is 0 Å². The van der Waals surface area contributed by atoms with Crippen molar-refractivity contribution >= 4 is 34.8 Å². The third-order valence-electron chi connectivity index (χ3n) is 2.91. The molecule has 0 saturated carbocycles. The van der Waals surface area contributed by atoms with Crippen molar-refractivity contribution in [1.29, 1.82) is 0 Å². The molecule has 0 amide bonds. The number of halogens is 3. The molecule has 0 radical (unpaired) electrons. The first-order valence-corrected chi connectivity index (χ1v) is 7.55. The number of benzene rings is 1. The first-order chi connectivity index (χ1) is 9.61. The maximum atomic E-state index is 6.30. The molecular weight excluding hydrogens is 315 g/mol. The topological polar surface area (TPSA) is 24.9 Å². The zero-order valence-corrected chi connectivity index (χ0v) is 13.3. The van der Waals surface area contributed by atoms with Crippen molar-refractivity contribution in [3.8, 4) is 0 Å². The van der Waals surface area contributed by atoms with Gasteiger partial charge in [-0.3, -0.25) is 4.98 Å². The van der Waals surface area contributed by atoms with E-state index in [0.29, 0.717) is 15.1 Å². The molecule has 1 atom stereocenters. The van der Waals surface area contributed by atoms with Crippen molar-refractivity contribution < 1.29 is 0 Å². The largest absolute Gasteiger partial charge is 0.305 e. The molecule has 0 bridgehead atoms. The first-order valence-electron chi connectivity index (χ1n) is 6.41. The molecule has 0 fully saturated rings. The normalized spacial score (nSPS) is 12.4. The smallest absolute Gasteiger partial charge is 0.0766 e. The summed E-state index contributed by atoms with van der Waals surface area (Å²) in [6.45, 7) is 2.97. The van der Waals surface area contributed by atoms with E-state index in [1.807, 2.05) is 18.2 Å². The Labute approximate surface area is 134 Å². The molecule has 0 saturated heterocycles. The Morgan fingerprint density at radius 1 is 1.10 bits per heavy atom. The Balaban J connectivity index is 2.41. The van der Waals surface area contributed by atoms with Gasteiger partial charge in [-0.25, -0.2) is 0 Å². The number of rotatable bonds is 5. The van der Waals surface area contributed by atoms with E-state index < -0.39 is 0 Å². The Hall–Kier alpha value is -0.800. The average Bonchev–Trinajstić information content (AvgIpc) is 2.44. The molecule has 0 aliphatic heterocycles. The van der Waals surface area contributed by atoms with Gasteiger partial charge in [-0.15, -0.1) is 0 Å². The fourth-order valence-corrected chi connectivity index (χ4v) is 2.48. The molecular formula is C15H15Cl3N2. The lowest BCUT2D eigenvalue weighted by molar-refractivity contribution is 0.587. The predicted octanol–water partition coefficient (Wildman–Crippen LogP) is 5.13. The lowest BCUT2D eigenvalue weighted by Crippen LogP contribution is -2.24. The minimum atomic E-state index is -0.0987. The highest BCUT2D eigenvalue weighted by Gasteiger charge is 2.18. The molecule has 1 N–H and O–H groups in total. The number of nitrogens with zero attached hydrogens (tertiary/aromatic N) is 1. The molecule has 1 aromatic carbocycles. The Bertz CT molecular complexity index is 570. The van der Waals surface area contributed by atoms with Crippen LogP contribution in [-0.4, -0.2) is 11.5 Å². The monoisotopic (exact) mass is 328 g/mol. The van der Waals surface area contributed by atoms with Crippen LogP contribution >= 0.6 is 34.8 Å². The van der Waals surface area contributed by atoms with E-state index in [0.717, 1.165) is 24.2 Å². The molecule has 0 aliphatic rings. The van der Waals surface area contributed by atoms with Crippen LogP contribution in [0.1, 0.15) is 30.6 Å². The van der Waals surface area contributed by atoms with E-state index >= 15 is 0 Å². The van der Waals surface area contributed by atoms with Crippen LogP contribution in [0.5, 0.6) is 0 Å². The Kier molecular flexibility index (Phi) is 5.67. The first kappa shape index (κ1) is 15.6. The maximum absolute atomic E-state index is 6.30. The van der Waals surface area contributed by atoms with Crippen LogP contribution in [0.3, 0.4) is 0 Å². The molecule has 2 rings (SSSR count). The SMILES string of the molecule is CCCNC(c1ccc(Cl)cn1)c1cc(Cl)ccc1Cl. The highest BCUT2D eigenvalue weighted by atomic mass is 35.5. The molecule has 20 heavy (non-hydrogen) atoms. The summed E-state index contributed by atoms with van der Waals surface area (Å²) in [4.78, 5) is 4.38. The summed E-state index contributed by atoms with van der Waals surface area (Å²) >= 11 is 18.3. The minimum Gasteiger partial charge on any atom is -0.305 e. The molecule has 106 valence electrons.